The van der Waals surface area contributed by atoms with Gasteiger partial charge in [-0.3, -0.25) is 4.90 Å². The van der Waals surface area contributed by atoms with Gasteiger partial charge in [-0.05, 0) is 32.2 Å². The van der Waals surface area contributed by atoms with Crippen LogP contribution in [0.3, 0.4) is 0 Å². The maximum atomic E-state index is 9.19. The Bertz CT molecular complexity index is 157. The molecule has 0 aromatic heterocycles. The first-order chi connectivity index (χ1) is 6.42. The van der Waals surface area contributed by atoms with E-state index in [0.29, 0.717) is 18.7 Å². The van der Waals surface area contributed by atoms with Crippen LogP contribution in [0, 0.1) is 0 Å². The van der Waals surface area contributed by atoms with Crippen molar-refractivity contribution in [2.45, 2.75) is 37.8 Å². The van der Waals surface area contributed by atoms with Crippen LogP contribution in [0.25, 0.3) is 0 Å². The molecule has 2 heterocycles. The molecule has 2 saturated heterocycles. The number of rotatable bonds is 2. The highest BCUT2D eigenvalue weighted by molar-refractivity contribution is 4.85. The van der Waals surface area contributed by atoms with Gasteiger partial charge in [0.15, 0.2) is 0 Å². The normalized spacial score (nSPS) is 32.5. The predicted molar refractivity (Wildman–Crippen MR) is 50.7 cm³/mol. The Hall–Kier alpha value is -0.120. The number of likely N-dealkylation sites (tertiary alicyclic amines) is 1. The van der Waals surface area contributed by atoms with Gasteiger partial charge in [-0.25, -0.2) is 0 Å². The van der Waals surface area contributed by atoms with Crippen LogP contribution < -0.4 is 0 Å². The van der Waals surface area contributed by atoms with E-state index in [-0.39, 0.29) is 0 Å². The van der Waals surface area contributed by atoms with Crippen LogP contribution in [0.1, 0.15) is 25.7 Å². The molecule has 0 unspecified atom stereocenters. The zero-order chi connectivity index (χ0) is 9.10. The summed E-state index contributed by atoms with van der Waals surface area (Å²) in [6, 6.07) is 1.11. The van der Waals surface area contributed by atoms with Gasteiger partial charge in [0.1, 0.15) is 0 Å². The lowest BCUT2D eigenvalue weighted by atomic mass is 10.1. The fourth-order valence-electron chi connectivity index (χ4n) is 2.55. The summed E-state index contributed by atoms with van der Waals surface area (Å²) in [5.74, 6) is 0. The number of aliphatic hydroxyl groups excluding tert-OH is 1. The van der Waals surface area contributed by atoms with E-state index >= 15 is 0 Å². The van der Waals surface area contributed by atoms with E-state index in [1.54, 1.807) is 0 Å². The van der Waals surface area contributed by atoms with E-state index in [9.17, 15) is 5.11 Å². The van der Waals surface area contributed by atoms with Crippen molar-refractivity contribution in [3.63, 3.8) is 0 Å². The molecule has 76 valence electrons. The van der Waals surface area contributed by atoms with Gasteiger partial charge in [0, 0.05) is 25.3 Å². The smallest absolute Gasteiger partial charge is 0.0586 e. The summed E-state index contributed by atoms with van der Waals surface area (Å²) in [7, 11) is 0. The summed E-state index contributed by atoms with van der Waals surface area (Å²) >= 11 is 0. The monoisotopic (exact) mass is 185 g/mol. The van der Waals surface area contributed by atoms with Crippen molar-refractivity contribution in [2.24, 2.45) is 0 Å². The molecule has 2 aliphatic heterocycles. The van der Waals surface area contributed by atoms with Crippen LogP contribution >= 0.6 is 0 Å². The molecule has 0 saturated carbocycles. The third kappa shape index (κ3) is 2.03. The number of hydrogen-bond acceptors (Lipinski definition) is 3. The summed E-state index contributed by atoms with van der Waals surface area (Å²) < 4.78 is 5.34. The Balaban J connectivity index is 1.90. The Labute approximate surface area is 79.7 Å². The molecule has 2 fully saturated rings. The molecule has 0 bridgehead atoms. The summed E-state index contributed by atoms with van der Waals surface area (Å²) in [5, 5.41) is 9.19. The third-order valence-corrected chi connectivity index (χ3v) is 3.29. The SMILES string of the molecule is OC[C@H]1CCCN1C1CCOCC1. The second kappa shape index (κ2) is 4.40. The lowest BCUT2D eigenvalue weighted by molar-refractivity contribution is 0.0198. The number of nitrogens with zero attached hydrogens (tertiary/aromatic N) is 1. The van der Waals surface area contributed by atoms with E-state index in [2.05, 4.69) is 4.90 Å². The van der Waals surface area contributed by atoms with Crippen LogP contribution in [0.5, 0.6) is 0 Å². The first-order valence-corrected chi connectivity index (χ1v) is 5.36. The van der Waals surface area contributed by atoms with Gasteiger partial charge in [-0.15, -0.1) is 0 Å². The fraction of sp³-hybridized carbons (Fsp3) is 1.00. The van der Waals surface area contributed by atoms with Gasteiger partial charge >= 0.3 is 0 Å². The van der Waals surface area contributed by atoms with Gasteiger partial charge in [0.25, 0.3) is 0 Å². The van der Waals surface area contributed by atoms with Gasteiger partial charge < -0.3 is 9.84 Å². The van der Waals surface area contributed by atoms with Crippen molar-refractivity contribution in [3.8, 4) is 0 Å². The molecule has 0 aromatic carbocycles. The maximum Gasteiger partial charge on any atom is 0.0586 e. The Kier molecular flexibility index (Phi) is 3.19. The summed E-state index contributed by atoms with van der Waals surface area (Å²) in [4.78, 5) is 2.49. The second-order valence-electron chi connectivity index (χ2n) is 4.06. The van der Waals surface area contributed by atoms with E-state index in [1.165, 1.54) is 19.4 Å². The molecular weight excluding hydrogens is 166 g/mol. The van der Waals surface area contributed by atoms with Crippen LogP contribution in [0.15, 0.2) is 0 Å². The Morgan fingerprint density at radius 1 is 1.23 bits per heavy atom. The minimum atomic E-state index is 0.331. The molecule has 2 aliphatic rings. The highest BCUT2D eigenvalue weighted by Crippen LogP contribution is 2.24. The number of aliphatic hydroxyl groups is 1. The molecule has 1 atom stereocenters. The van der Waals surface area contributed by atoms with E-state index in [4.69, 9.17) is 4.74 Å². The lowest BCUT2D eigenvalue weighted by Gasteiger charge is -2.34. The zero-order valence-electron chi connectivity index (χ0n) is 8.11. The first kappa shape index (κ1) is 9.44. The Morgan fingerprint density at radius 2 is 2.00 bits per heavy atom. The lowest BCUT2D eigenvalue weighted by Crippen LogP contribution is -2.43. The quantitative estimate of drug-likeness (QED) is 0.684. The summed E-state index contributed by atoms with van der Waals surface area (Å²) in [6.45, 7) is 3.31. The first-order valence-electron chi connectivity index (χ1n) is 5.36. The molecule has 13 heavy (non-hydrogen) atoms. The van der Waals surface area contributed by atoms with Gasteiger partial charge in [-0.1, -0.05) is 0 Å². The maximum absolute atomic E-state index is 9.19. The summed E-state index contributed by atoms with van der Waals surface area (Å²) in [5.41, 5.74) is 0. The molecule has 0 spiro atoms. The third-order valence-electron chi connectivity index (χ3n) is 3.29. The minimum Gasteiger partial charge on any atom is -0.395 e. The van der Waals surface area contributed by atoms with Crippen LogP contribution in [0.4, 0.5) is 0 Å². The molecule has 0 radical (unpaired) electrons. The molecule has 0 amide bonds. The Morgan fingerprint density at radius 3 is 2.69 bits per heavy atom. The second-order valence-corrected chi connectivity index (χ2v) is 4.06. The van der Waals surface area contributed by atoms with Crippen molar-refractivity contribution in [1.82, 2.24) is 4.90 Å². The largest absolute Gasteiger partial charge is 0.395 e. The highest BCUT2D eigenvalue weighted by Gasteiger charge is 2.30. The summed E-state index contributed by atoms with van der Waals surface area (Å²) in [6.07, 6.45) is 4.73. The average molecular weight is 185 g/mol. The fourth-order valence-corrected chi connectivity index (χ4v) is 2.55. The van der Waals surface area contributed by atoms with Crippen molar-refractivity contribution >= 4 is 0 Å². The van der Waals surface area contributed by atoms with E-state index < -0.39 is 0 Å². The molecule has 3 nitrogen and oxygen atoms in total. The van der Waals surface area contributed by atoms with Crippen molar-refractivity contribution < 1.29 is 9.84 Å². The zero-order valence-corrected chi connectivity index (χ0v) is 8.11. The van der Waals surface area contributed by atoms with Crippen molar-refractivity contribution in [1.29, 1.82) is 0 Å². The number of ether oxygens (including phenoxy) is 1. The minimum absolute atomic E-state index is 0.331. The standard InChI is InChI=1S/C10H19NO2/c12-8-10-2-1-5-11(10)9-3-6-13-7-4-9/h9-10,12H,1-8H2/t10-/m1/s1. The van der Waals surface area contributed by atoms with Crippen molar-refractivity contribution in [3.05, 3.63) is 0 Å². The molecular formula is C10H19NO2. The molecule has 3 heteroatoms. The van der Waals surface area contributed by atoms with E-state index in [1.807, 2.05) is 0 Å². The van der Waals surface area contributed by atoms with Crippen LogP contribution in [-0.2, 0) is 4.74 Å². The van der Waals surface area contributed by atoms with Gasteiger partial charge in [-0.2, -0.15) is 0 Å². The molecule has 0 aromatic rings. The van der Waals surface area contributed by atoms with Gasteiger partial charge in [0.05, 0.1) is 6.61 Å². The van der Waals surface area contributed by atoms with Crippen LogP contribution in [-0.4, -0.2) is 48.5 Å². The molecule has 0 aliphatic carbocycles. The topological polar surface area (TPSA) is 32.7 Å². The van der Waals surface area contributed by atoms with E-state index in [0.717, 1.165) is 26.1 Å². The predicted octanol–water partition coefficient (Wildman–Crippen LogP) is 0.622. The van der Waals surface area contributed by atoms with Crippen molar-refractivity contribution in [2.75, 3.05) is 26.4 Å². The molecule has 1 N–H and O–H groups in total. The average Bonchev–Trinajstić information content (AvgIpc) is 2.67. The number of hydrogen-bond donors (Lipinski definition) is 1. The van der Waals surface area contributed by atoms with Crippen LogP contribution in [0.2, 0.25) is 0 Å². The molecule has 2 rings (SSSR count). The highest BCUT2D eigenvalue weighted by atomic mass is 16.5. The van der Waals surface area contributed by atoms with Gasteiger partial charge in [0.2, 0.25) is 0 Å².